The minimum absolute atomic E-state index is 0.0903. The molecule has 0 aliphatic rings. The van der Waals surface area contributed by atoms with Crippen molar-refractivity contribution in [3.05, 3.63) is 69.9 Å². The highest BCUT2D eigenvalue weighted by Crippen LogP contribution is 2.22. The van der Waals surface area contributed by atoms with Gasteiger partial charge in [-0.05, 0) is 30.7 Å². The van der Waals surface area contributed by atoms with Crippen LogP contribution in [0.15, 0.2) is 55.1 Å². The fourth-order valence-electron chi connectivity index (χ4n) is 2.55. The van der Waals surface area contributed by atoms with Crippen molar-refractivity contribution in [2.24, 2.45) is 0 Å². The highest BCUT2D eigenvalue weighted by Gasteiger charge is 2.14. The molecule has 2 heterocycles. The Morgan fingerprint density at radius 3 is 2.84 bits per heavy atom. The molecule has 1 aromatic carbocycles. The number of urea groups is 1. The van der Waals surface area contributed by atoms with Crippen LogP contribution in [0.25, 0.3) is 5.69 Å². The number of nitrogens with zero attached hydrogens (tertiary/aromatic N) is 3. The molecule has 1 N–H and O–H groups in total. The van der Waals surface area contributed by atoms with Crippen molar-refractivity contribution in [1.29, 1.82) is 0 Å². The second-order valence-electron chi connectivity index (χ2n) is 5.48. The number of carbonyl (C=O) groups is 1. The molecule has 0 fully saturated rings. The summed E-state index contributed by atoms with van der Waals surface area (Å²) in [5.41, 5.74) is 2.04. The average molecular weight is 375 g/mol. The summed E-state index contributed by atoms with van der Waals surface area (Å²) in [7, 11) is 0. The molecule has 0 aliphatic carbocycles. The van der Waals surface area contributed by atoms with Crippen LogP contribution in [0.3, 0.4) is 0 Å². The van der Waals surface area contributed by atoms with Crippen LogP contribution >= 0.6 is 22.9 Å². The van der Waals surface area contributed by atoms with E-state index in [0.29, 0.717) is 19.6 Å². The molecule has 0 spiro atoms. The second kappa shape index (κ2) is 8.18. The molecule has 25 heavy (non-hydrogen) atoms. The van der Waals surface area contributed by atoms with E-state index in [1.165, 1.54) is 11.3 Å². The molecule has 0 unspecified atom stereocenters. The van der Waals surface area contributed by atoms with Gasteiger partial charge < -0.3 is 14.8 Å². The molecular weight excluding hydrogens is 356 g/mol. The highest BCUT2D eigenvalue weighted by atomic mass is 35.5. The van der Waals surface area contributed by atoms with Gasteiger partial charge in [-0.15, -0.1) is 11.3 Å². The zero-order chi connectivity index (χ0) is 17.6. The predicted molar refractivity (Wildman–Crippen MR) is 101 cm³/mol. The van der Waals surface area contributed by atoms with Crippen LogP contribution < -0.4 is 5.32 Å². The maximum atomic E-state index is 12.5. The van der Waals surface area contributed by atoms with Crippen molar-refractivity contribution in [3.63, 3.8) is 0 Å². The lowest BCUT2D eigenvalue weighted by Gasteiger charge is -2.21. The molecule has 5 nitrogen and oxygen atoms in total. The molecule has 0 bridgehead atoms. The summed E-state index contributed by atoms with van der Waals surface area (Å²) >= 11 is 7.46. The Hall–Kier alpha value is -2.31. The van der Waals surface area contributed by atoms with E-state index in [4.69, 9.17) is 11.6 Å². The number of imidazole rings is 1. The van der Waals surface area contributed by atoms with Gasteiger partial charge in [0.05, 0.1) is 22.9 Å². The largest absolute Gasteiger partial charge is 0.334 e. The number of aromatic nitrogens is 2. The number of carbonyl (C=O) groups excluding carboxylic acids is 1. The Bertz CT molecular complexity index is 831. The van der Waals surface area contributed by atoms with Gasteiger partial charge in [0.1, 0.15) is 0 Å². The van der Waals surface area contributed by atoms with E-state index in [0.717, 1.165) is 20.5 Å². The summed E-state index contributed by atoms with van der Waals surface area (Å²) in [6.07, 6.45) is 5.37. The van der Waals surface area contributed by atoms with Crippen LogP contribution in [0, 0.1) is 0 Å². The smallest absolute Gasteiger partial charge is 0.317 e. The number of amides is 2. The van der Waals surface area contributed by atoms with E-state index >= 15 is 0 Å². The van der Waals surface area contributed by atoms with Gasteiger partial charge >= 0.3 is 6.03 Å². The zero-order valence-electron chi connectivity index (χ0n) is 13.9. The Labute approximate surface area is 155 Å². The molecule has 0 aliphatic heterocycles. The normalized spacial score (nSPS) is 10.6. The van der Waals surface area contributed by atoms with E-state index in [-0.39, 0.29) is 6.03 Å². The van der Waals surface area contributed by atoms with E-state index < -0.39 is 0 Å². The van der Waals surface area contributed by atoms with Crippen LogP contribution in [0.5, 0.6) is 0 Å². The molecule has 3 rings (SSSR count). The van der Waals surface area contributed by atoms with Gasteiger partial charge in [-0.25, -0.2) is 9.78 Å². The van der Waals surface area contributed by atoms with E-state index in [2.05, 4.69) is 10.3 Å². The number of hydrogen-bond acceptors (Lipinski definition) is 3. The summed E-state index contributed by atoms with van der Waals surface area (Å²) in [5, 5.41) is 3.00. The first-order valence-corrected chi connectivity index (χ1v) is 9.20. The maximum Gasteiger partial charge on any atom is 0.317 e. The third-order valence-corrected chi connectivity index (χ3v) is 5.06. The summed E-state index contributed by atoms with van der Waals surface area (Å²) in [4.78, 5) is 19.4. The third-order valence-electron chi connectivity index (χ3n) is 3.85. The number of nitrogens with one attached hydrogen (secondary N) is 1. The lowest BCUT2D eigenvalue weighted by atomic mass is 10.1. The SMILES string of the molecule is CCN(Cc1ccc(Cl)s1)C(=O)NCc1ccccc1-n1ccnc1. The van der Waals surface area contributed by atoms with Gasteiger partial charge in [-0.3, -0.25) is 0 Å². The molecule has 0 radical (unpaired) electrons. The first-order valence-electron chi connectivity index (χ1n) is 8.00. The van der Waals surface area contributed by atoms with Crippen molar-refractivity contribution in [3.8, 4) is 5.69 Å². The summed E-state index contributed by atoms with van der Waals surface area (Å²) in [6, 6.07) is 11.7. The molecule has 130 valence electrons. The van der Waals surface area contributed by atoms with Crippen LogP contribution in [0.1, 0.15) is 17.4 Å². The summed E-state index contributed by atoms with van der Waals surface area (Å²) in [5.74, 6) is 0. The first-order chi connectivity index (χ1) is 12.2. The number of thiophene rings is 1. The van der Waals surface area contributed by atoms with E-state index in [1.807, 2.05) is 54.1 Å². The van der Waals surface area contributed by atoms with E-state index in [1.54, 1.807) is 17.4 Å². The molecule has 0 saturated carbocycles. The van der Waals surface area contributed by atoms with Gasteiger partial charge in [0.15, 0.2) is 0 Å². The fraction of sp³-hybridized carbons (Fsp3) is 0.222. The lowest BCUT2D eigenvalue weighted by Crippen LogP contribution is -2.39. The number of para-hydroxylation sites is 1. The first kappa shape index (κ1) is 17.5. The number of halogens is 1. The average Bonchev–Trinajstić information content (AvgIpc) is 3.29. The Morgan fingerprint density at radius 2 is 2.16 bits per heavy atom. The monoisotopic (exact) mass is 374 g/mol. The lowest BCUT2D eigenvalue weighted by molar-refractivity contribution is 0.198. The van der Waals surface area contributed by atoms with Crippen LogP contribution in [0.2, 0.25) is 4.34 Å². The van der Waals surface area contributed by atoms with Gasteiger partial charge in [-0.1, -0.05) is 29.8 Å². The maximum absolute atomic E-state index is 12.5. The molecule has 0 atom stereocenters. The fourth-order valence-corrected chi connectivity index (χ4v) is 3.65. The van der Waals surface area contributed by atoms with Crippen molar-refractivity contribution >= 4 is 29.0 Å². The van der Waals surface area contributed by atoms with Crippen LogP contribution in [-0.2, 0) is 13.1 Å². The number of rotatable bonds is 6. The quantitative estimate of drug-likeness (QED) is 0.698. The minimum Gasteiger partial charge on any atom is -0.334 e. The van der Waals surface area contributed by atoms with Gasteiger partial charge in [0.2, 0.25) is 0 Å². The molecule has 2 amide bonds. The van der Waals surface area contributed by atoms with Crippen molar-refractivity contribution in [2.75, 3.05) is 6.54 Å². The topological polar surface area (TPSA) is 50.2 Å². The Balaban J connectivity index is 1.65. The molecular formula is C18H19ClN4OS. The second-order valence-corrected chi connectivity index (χ2v) is 7.28. The van der Waals surface area contributed by atoms with Crippen molar-refractivity contribution in [1.82, 2.24) is 19.8 Å². The van der Waals surface area contributed by atoms with E-state index in [9.17, 15) is 4.79 Å². The minimum atomic E-state index is -0.0903. The number of hydrogen-bond donors (Lipinski definition) is 1. The molecule has 2 aromatic heterocycles. The standard InChI is InChI=1S/C18H19ClN4OS/c1-2-22(12-15-7-8-17(19)25-15)18(24)21-11-14-5-3-4-6-16(14)23-10-9-20-13-23/h3-10,13H,2,11-12H2,1H3,(H,21,24). The predicted octanol–water partition coefficient (Wildman–Crippen LogP) is 4.32. The summed E-state index contributed by atoms with van der Waals surface area (Å²) in [6.45, 7) is 3.61. The third kappa shape index (κ3) is 4.41. The zero-order valence-corrected chi connectivity index (χ0v) is 15.4. The number of benzene rings is 1. The summed E-state index contributed by atoms with van der Waals surface area (Å²) < 4.78 is 2.67. The van der Waals surface area contributed by atoms with Gasteiger partial charge in [-0.2, -0.15) is 0 Å². The highest BCUT2D eigenvalue weighted by molar-refractivity contribution is 7.16. The van der Waals surface area contributed by atoms with Gasteiger partial charge in [0, 0.05) is 30.4 Å². The Morgan fingerprint density at radius 1 is 1.32 bits per heavy atom. The Kier molecular flexibility index (Phi) is 5.73. The molecule has 3 aromatic rings. The molecule has 0 saturated heterocycles. The molecule has 7 heteroatoms. The van der Waals surface area contributed by atoms with Crippen LogP contribution in [-0.4, -0.2) is 27.0 Å². The van der Waals surface area contributed by atoms with Gasteiger partial charge in [0.25, 0.3) is 0 Å². The van der Waals surface area contributed by atoms with Crippen LogP contribution in [0.4, 0.5) is 4.79 Å². The van der Waals surface area contributed by atoms with Crippen molar-refractivity contribution in [2.45, 2.75) is 20.0 Å². The van der Waals surface area contributed by atoms with Crippen molar-refractivity contribution < 1.29 is 4.79 Å².